The van der Waals surface area contributed by atoms with Gasteiger partial charge in [-0.1, -0.05) is 26.2 Å². The molecular weight excluding hydrogens is 284 g/mol. The third kappa shape index (κ3) is 4.42. The van der Waals surface area contributed by atoms with E-state index in [1.54, 1.807) is 0 Å². The number of rotatable bonds is 5. The maximum Gasteiger partial charge on any atom is 0.151 e. The van der Waals surface area contributed by atoms with Crippen molar-refractivity contribution in [2.75, 3.05) is 31.1 Å². The monoisotopic (exact) mass is 316 g/mol. The summed E-state index contributed by atoms with van der Waals surface area (Å²) in [7, 11) is -2.89. The van der Waals surface area contributed by atoms with Crippen LogP contribution in [0.1, 0.15) is 59.3 Å². The first-order valence-electron chi connectivity index (χ1n) is 8.49. The number of nitrogens with zero attached hydrogens (tertiary/aromatic N) is 1. The molecule has 21 heavy (non-hydrogen) atoms. The molecule has 2 rings (SSSR count). The van der Waals surface area contributed by atoms with Gasteiger partial charge in [-0.15, -0.1) is 0 Å². The zero-order chi connectivity index (χ0) is 15.6. The minimum Gasteiger partial charge on any atom is -0.308 e. The molecule has 4 nitrogen and oxygen atoms in total. The molecule has 124 valence electrons. The van der Waals surface area contributed by atoms with Crippen molar-refractivity contribution >= 4 is 9.84 Å². The number of sulfone groups is 1. The maximum absolute atomic E-state index is 12.0. The van der Waals surface area contributed by atoms with Gasteiger partial charge < -0.3 is 5.32 Å². The lowest BCUT2D eigenvalue weighted by Gasteiger charge is -2.53. The predicted molar refractivity (Wildman–Crippen MR) is 88.4 cm³/mol. The average Bonchev–Trinajstić information content (AvgIpc) is 2.41. The number of piperazine rings is 1. The maximum atomic E-state index is 12.0. The molecule has 0 aromatic heterocycles. The van der Waals surface area contributed by atoms with E-state index in [0.717, 1.165) is 19.5 Å². The van der Waals surface area contributed by atoms with Gasteiger partial charge in [-0.2, -0.15) is 0 Å². The lowest BCUT2D eigenvalue weighted by Crippen LogP contribution is -2.69. The Kier molecular flexibility index (Phi) is 5.37. The molecule has 5 heteroatoms. The highest BCUT2D eigenvalue weighted by molar-refractivity contribution is 7.91. The standard InChI is InChI=1S/C16H32N2O2S/c1-4-11-21(19,20)12-10-18-14-16(8-6-5-7-9-16)17-13-15(18,2)3/h17H,4-14H2,1-3H3. The molecule has 0 aromatic carbocycles. The molecule has 1 saturated heterocycles. The highest BCUT2D eigenvalue weighted by Crippen LogP contribution is 2.34. The van der Waals surface area contributed by atoms with E-state index >= 15 is 0 Å². The Morgan fingerprint density at radius 2 is 1.76 bits per heavy atom. The van der Waals surface area contributed by atoms with Gasteiger partial charge in [0.05, 0.1) is 5.75 Å². The third-order valence-electron chi connectivity index (χ3n) is 5.24. The Labute approximate surface area is 130 Å². The van der Waals surface area contributed by atoms with Crippen LogP contribution in [0.2, 0.25) is 0 Å². The molecule has 1 aliphatic carbocycles. The summed E-state index contributed by atoms with van der Waals surface area (Å²) in [4.78, 5) is 2.42. The summed E-state index contributed by atoms with van der Waals surface area (Å²) in [5, 5.41) is 3.79. The third-order valence-corrected chi connectivity index (χ3v) is 7.08. The van der Waals surface area contributed by atoms with Crippen molar-refractivity contribution in [3.63, 3.8) is 0 Å². The van der Waals surface area contributed by atoms with Crippen LogP contribution in [0.25, 0.3) is 0 Å². The topological polar surface area (TPSA) is 49.4 Å². The molecule has 1 heterocycles. The molecule has 1 saturated carbocycles. The molecule has 2 aliphatic rings. The van der Waals surface area contributed by atoms with Gasteiger partial charge in [0.2, 0.25) is 0 Å². The van der Waals surface area contributed by atoms with Crippen molar-refractivity contribution in [2.45, 2.75) is 70.4 Å². The molecule has 0 radical (unpaired) electrons. The van der Waals surface area contributed by atoms with Crippen LogP contribution in [0.4, 0.5) is 0 Å². The van der Waals surface area contributed by atoms with Crippen LogP contribution in [0.5, 0.6) is 0 Å². The molecule has 0 bridgehead atoms. The summed E-state index contributed by atoms with van der Waals surface area (Å²) in [6.45, 7) is 9.02. The van der Waals surface area contributed by atoms with Crippen LogP contribution < -0.4 is 5.32 Å². The van der Waals surface area contributed by atoms with Crippen LogP contribution in [0.3, 0.4) is 0 Å². The SMILES string of the molecule is CCCS(=O)(=O)CCN1CC2(CCCCC2)NCC1(C)C. The van der Waals surface area contributed by atoms with Crippen LogP contribution in [-0.2, 0) is 9.84 Å². The van der Waals surface area contributed by atoms with Crippen LogP contribution in [0, 0.1) is 0 Å². The second-order valence-electron chi connectivity index (χ2n) is 7.58. The fraction of sp³-hybridized carbons (Fsp3) is 1.00. The first-order valence-corrected chi connectivity index (χ1v) is 10.3. The summed E-state index contributed by atoms with van der Waals surface area (Å²) < 4.78 is 24.0. The zero-order valence-corrected chi connectivity index (χ0v) is 14.8. The summed E-state index contributed by atoms with van der Waals surface area (Å²) in [6, 6.07) is 0. The quantitative estimate of drug-likeness (QED) is 0.845. The largest absolute Gasteiger partial charge is 0.308 e. The van der Waals surface area contributed by atoms with E-state index in [1.165, 1.54) is 32.1 Å². The molecule has 1 aliphatic heterocycles. The normalized spacial score (nSPS) is 26.0. The van der Waals surface area contributed by atoms with E-state index < -0.39 is 9.84 Å². The van der Waals surface area contributed by atoms with Gasteiger partial charge in [-0.25, -0.2) is 8.42 Å². The average molecular weight is 317 g/mol. The van der Waals surface area contributed by atoms with Crippen molar-refractivity contribution < 1.29 is 8.42 Å². The number of hydrogen-bond acceptors (Lipinski definition) is 4. The summed E-state index contributed by atoms with van der Waals surface area (Å²) >= 11 is 0. The van der Waals surface area contributed by atoms with Gasteiger partial charge in [0.1, 0.15) is 0 Å². The van der Waals surface area contributed by atoms with Crippen LogP contribution >= 0.6 is 0 Å². The van der Waals surface area contributed by atoms with Crippen molar-refractivity contribution in [3.8, 4) is 0 Å². The van der Waals surface area contributed by atoms with Gasteiger partial charge in [0.15, 0.2) is 9.84 Å². The zero-order valence-electron chi connectivity index (χ0n) is 14.0. The molecule has 0 atom stereocenters. The van der Waals surface area contributed by atoms with Crippen molar-refractivity contribution in [3.05, 3.63) is 0 Å². The summed E-state index contributed by atoms with van der Waals surface area (Å²) in [5.41, 5.74) is 0.284. The predicted octanol–water partition coefficient (Wildman–Crippen LogP) is 2.20. The molecule has 1 spiro atoms. The van der Waals surface area contributed by atoms with E-state index in [0.29, 0.717) is 18.1 Å². The molecule has 0 aromatic rings. The van der Waals surface area contributed by atoms with Crippen molar-refractivity contribution in [1.82, 2.24) is 10.2 Å². The number of nitrogens with one attached hydrogen (secondary N) is 1. The summed E-state index contributed by atoms with van der Waals surface area (Å²) in [5.74, 6) is 0.630. The first kappa shape index (κ1) is 17.2. The smallest absolute Gasteiger partial charge is 0.151 e. The van der Waals surface area contributed by atoms with E-state index in [-0.39, 0.29) is 11.1 Å². The lowest BCUT2D eigenvalue weighted by atomic mass is 9.78. The Morgan fingerprint density at radius 1 is 1.10 bits per heavy atom. The van der Waals surface area contributed by atoms with E-state index in [1.807, 2.05) is 6.92 Å². The Morgan fingerprint density at radius 3 is 2.38 bits per heavy atom. The van der Waals surface area contributed by atoms with Gasteiger partial charge in [0.25, 0.3) is 0 Å². The second-order valence-corrected chi connectivity index (χ2v) is 9.88. The molecule has 0 amide bonds. The van der Waals surface area contributed by atoms with Crippen LogP contribution in [-0.4, -0.2) is 55.5 Å². The Bertz CT molecular complexity index is 439. The fourth-order valence-corrected chi connectivity index (χ4v) is 5.08. The van der Waals surface area contributed by atoms with Crippen molar-refractivity contribution in [1.29, 1.82) is 0 Å². The van der Waals surface area contributed by atoms with E-state index in [9.17, 15) is 8.42 Å². The second kappa shape index (κ2) is 6.55. The lowest BCUT2D eigenvalue weighted by molar-refractivity contribution is 0.0154. The molecule has 0 unspecified atom stereocenters. The minimum absolute atomic E-state index is 0.0461. The fourth-order valence-electron chi connectivity index (χ4n) is 3.76. The molecule has 1 N–H and O–H groups in total. The van der Waals surface area contributed by atoms with Gasteiger partial charge in [-0.3, -0.25) is 4.90 Å². The Balaban J connectivity index is 2.00. The minimum atomic E-state index is -2.89. The van der Waals surface area contributed by atoms with Gasteiger partial charge >= 0.3 is 0 Å². The summed E-state index contributed by atoms with van der Waals surface area (Å²) in [6.07, 6.45) is 7.14. The molecular formula is C16H32N2O2S. The van der Waals surface area contributed by atoms with Crippen LogP contribution in [0.15, 0.2) is 0 Å². The van der Waals surface area contributed by atoms with Gasteiger partial charge in [0, 0.05) is 36.5 Å². The first-order chi connectivity index (χ1) is 9.79. The van der Waals surface area contributed by atoms with Crippen molar-refractivity contribution in [2.24, 2.45) is 0 Å². The molecule has 2 fully saturated rings. The van der Waals surface area contributed by atoms with E-state index in [4.69, 9.17) is 0 Å². The highest BCUT2D eigenvalue weighted by Gasteiger charge is 2.43. The van der Waals surface area contributed by atoms with Gasteiger partial charge in [-0.05, 0) is 33.1 Å². The highest BCUT2D eigenvalue weighted by atomic mass is 32.2. The Hall–Kier alpha value is -0.130. The van der Waals surface area contributed by atoms with E-state index in [2.05, 4.69) is 24.1 Å². The number of hydrogen-bond donors (Lipinski definition) is 1.